The van der Waals surface area contributed by atoms with Crippen LogP contribution < -0.4 is 0 Å². The van der Waals surface area contributed by atoms with Gasteiger partial charge >= 0.3 is 6.18 Å². The zero-order valence-corrected chi connectivity index (χ0v) is 14.9. The van der Waals surface area contributed by atoms with Gasteiger partial charge in [0.25, 0.3) is 0 Å². The molecule has 25 heavy (non-hydrogen) atoms. The molecule has 0 spiro atoms. The number of allylic oxidation sites excluding steroid dienone is 1. The molecule has 0 aliphatic rings. The minimum Gasteiger partial charge on any atom is -0.379 e. The van der Waals surface area contributed by atoms with Gasteiger partial charge in [-0.25, -0.2) is 0 Å². The van der Waals surface area contributed by atoms with E-state index < -0.39 is 24.0 Å². The zero-order valence-electron chi connectivity index (χ0n) is 14.9. The Bertz CT molecular complexity index is 784. The summed E-state index contributed by atoms with van der Waals surface area (Å²) >= 11 is 0. The Morgan fingerprint density at radius 1 is 1.08 bits per heavy atom. The largest absolute Gasteiger partial charge is 0.419 e. The van der Waals surface area contributed by atoms with Crippen LogP contribution in [0.2, 0.25) is 0 Å². The highest BCUT2D eigenvalue weighted by Gasteiger charge is 2.51. The second-order valence-electron chi connectivity index (χ2n) is 7.06. The molecule has 0 fully saturated rings. The van der Waals surface area contributed by atoms with Crippen molar-refractivity contribution >= 4 is 16.3 Å². The Labute approximate surface area is 145 Å². The van der Waals surface area contributed by atoms with E-state index in [-0.39, 0.29) is 0 Å². The Morgan fingerprint density at radius 3 is 2.16 bits per heavy atom. The molecule has 0 aliphatic heterocycles. The summed E-state index contributed by atoms with van der Waals surface area (Å²) in [5.74, 6) is 0. The van der Waals surface area contributed by atoms with E-state index in [1.807, 2.05) is 43.3 Å². The number of ether oxygens (including phenoxy) is 1. The summed E-state index contributed by atoms with van der Waals surface area (Å²) in [7, 11) is 0. The van der Waals surface area contributed by atoms with Crippen molar-refractivity contribution in [3.63, 3.8) is 0 Å². The minimum atomic E-state index is -4.76. The molecule has 1 unspecified atom stereocenters. The highest BCUT2D eigenvalue weighted by molar-refractivity contribution is 5.96. The van der Waals surface area contributed by atoms with Crippen molar-refractivity contribution in [2.75, 3.05) is 6.61 Å². The molecule has 2 aromatic carbocycles. The fraction of sp³-hybridized carbons (Fsp3) is 0.400. The molecule has 136 valence electrons. The first kappa shape index (κ1) is 19.5. The molecule has 0 amide bonds. The van der Waals surface area contributed by atoms with E-state index in [0.717, 1.165) is 27.5 Å². The molecule has 0 aromatic heterocycles. The number of hydrogen-bond acceptors (Lipinski definition) is 2. The van der Waals surface area contributed by atoms with Crippen LogP contribution in [0.5, 0.6) is 0 Å². The quantitative estimate of drug-likeness (QED) is 0.777. The summed E-state index contributed by atoms with van der Waals surface area (Å²) < 4.78 is 44.2. The standard InChI is InChI=1S/C20H23F3O2/c1-13(2)15-10-6-8-14-9-7-11-16(17(14)15)18(3,4)25-12-19(5,24)20(21,22)23/h6-11,24H,1,12H2,2-5H3. The Hall–Kier alpha value is -1.85. The lowest BCUT2D eigenvalue weighted by atomic mass is 9.88. The second-order valence-corrected chi connectivity index (χ2v) is 7.06. The molecule has 5 heteroatoms. The predicted octanol–water partition coefficient (Wildman–Crippen LogP) is 5.44. The van der Waals surface area contributed by atoms with E-state index in [4.69, 9.17) is 4.74 Å². The van der Waals surface area contributed by atoms with Crippen molar-refractivity contribution in [3.05, 3.63) is 54.1 Å². The van der Waals surface area contributed by atoms with Crippen LogP contribution in [0.15, 0.2) is 43.0 Å². The molecule has 1 N–H and O–H groups in total. The van der Waals surface area contributed by atoms with E-state index >= 15 is 0 Å². The van der Waals surface area contributed by atoms with E-state index in [9.17, 15) is 18.3 Å². The predicted molar refractivity (Wildman–Crippen MR) is 94.3 cm³/mol. The second kappa shape index (κ2) is 6.46. The average Bonchev–Trinajstić information content (AvgIpc) is 2.50. The SMILES string of the molecule is C=C(C)c1cccc2cccc(C(C)(C)OCC(C)(O)C(F)(F)F)c12. The van der Waals surface area contributed by atoms with Crippen molar-refractivity contribution in [3.8, 4) is 0 Å². The number of benzene rings is 2. The van der Waals surface area contributed by atoms with E-state index in [1.54, 1.807) is 13.8 Å². The molecule has 2 nitrogen and oxygen atoms in total. The third-order valence-corrected chi connectivity index (χ3v) is 4.34. The van der Waals surface area contributed by atoms with Gasteiger partial charge in [0, 0.05) is 0 Å². The van der Waals surface area contributed by atoms with Gasteiger partial charge in [0.15, 0.2) is 5.60 Å². The number of alkyl halides is 3. The molecular weight excluding hydrogens is 329 g/mol. The van der Waals surface area contributed by atoms with Gasteiger partial charge < -0.3 is 9.84 Å². The lowest BCUT2D eigenvalue weighted by Gasteiger charge is -2.33. The van der Waals surface area contributed by atoms with Crippen LogP contribution in [0.1, 0.15) is 38.8 Å². The maximum Gasteiger partial charge on any atom is 0.419 e. The van der Waals surface area contributed by atoms with E-state index in [1.165, 1.54) is 0 Å². The normalized spacial score (nSPS) is 15.2. The highest BCUT2D eigenvalue weighted by atomic mass is 19.4. The summed E-state index contributed by atoms with van der Waals surface area (Å²) in [6.07, 6.45) is -4.76. The molecule has 2 rings (SSSR count). The summed E-state index contributed by atoms with van der Waals surface area (Å²) in [4.78, 5) is 0. The smallest absolute Gasteiger partial charge is 0.379 e. The summed E-state index contributed by atoms with van der Waals surface area (Å²) in [6.45, 7) is 9.13. The molecule has 0 radical (unpaired) electrons. The Morgan fingerprint density at radius 2 is 1.64 bits per heavy atom. The summed E-state index contributed by atoms with van der Waals surface area (Å²) in [5.41, 5.74) is -1.41. The summed E-state index contributed by atoms with van der Waals surface area (Å²) in [5, 5.41) is 11.5. The zero-order chi connectivity index (χ0) is 19.0. The van der Waals surface area contributed by atoms with Gasteiger partial charge in [-0.1, -0.05) is 48.6 Å². The lowest BCUT2D eigenvalue weighted by Crippen LogP contribution is -2.47. The van der Waals surface area contributed by atoms with Crippen LogP contribution in [-0.4, -0.2) is 23.5 Å². The summed E-state index contributed by atoms with van der Waals surface area (Å²) in [6, 6.07) is 11.4. The highest BCUT2D eigenvalue weighted by Crippen LogP contribution is 2.37. The first-order valence-corrected chi connectivity index (χ1v) is 7.98. The van der Waals surface area contributed by atoms with Gasteiger partial charge in [0.1, 0.15) is 0 Å². The lowest BCUT2D eigenvalue weighted by molar-refractivity contribution is -0.276. The number of fused-ring (bicyclic) bond motifs is 1. The molecule has 2 aromatic rings. The van der Waals surface area contributed by atoms with Gasteiger partial charge in [-0.2, -0.15) is 13.2 Å². The first-order valence-electron chi connectivity index (χ1n) is 7.98. The van der Waals surface area contributed by atoms with Crippen molar-refractivity contribution < 1.29 is 23.0 Å². The first-order chi connectivity index (χ1) is 11.4. The molecule has 0 heterocycles. The van der Waals surface area contributed by atoms with Crippen molar-refractivity contribution in [2.45, 2.75) is 45.1 Å². The van der Waals surface area contributed by atoms with Gasteiger partial charge in [-0.05, 0) is 49.6 Å². The number of rotatable bonds is 5. The van der Waals surface area contributed by atoms with Gasteiger partial charge in [-0.3, -0.25) is 0 Å². The fourth-order valence-electron chi connectivity index (χ4n) is 2.68. The third kappa shape index (κ3) is 3.88. The number of hydrogen-bond donors (Lipinski definition) is 1. The van der Waals surface area contributed by atoms with Crippen LogP contribution in [0.3, 0.4) is 0 Å². The maximum atomic E-state index is 12.9. The number of halogens is 3. The van der Waals surface area contributed by atoms with Crippen LogP contribution in [0, 0.1) is 0 Å². The minimum absolute atomic E-state index is 0.714. The molecule has 0 saturated carbocycles. The van der Waals surface area contributed by atoms with Crippen molar-refractivity contribution in [2.24, 2.45) is 0 Å². The van der Waals surface area contributed by atoms with E-state index in [2.05, 4.69) is 6.58 Å². The van der Waals surface area contributed by atoms with E-state index in [0.29, 0.717) is 6.92 Å². The van der Waals surface area contributed by atoms with Crippen LogP contribution in [0.4, 0.5) is 13.2 Å². The van der Waals surface area contributed by atoms with Gasteiger partial charge in [0.05, 0.1) is 12.2 Å². The van der Waals surface area contributed by atoms with Crippen molar-refractivity contribution in [1.82, 2.24) is 0 Å². The fourth-order valence-corrected chi connectivity index (χ4v) is 2.68. The molecule has 1 atom stereocenters. The molecule has 0 saturated heterocycles. The van der Waals surface area contributed by atoms with Crippen LogP contribution in [0.25, 0.3) is 16.3 Å². The molecule has 0 bridgehead atoms. The van der Waals surface area contributed by atoms with Crippen LogP contribution >= 0.6 is 0 Å². The maximum absolute atomic E-state index is 12.9. The van der Waals surface area contributed by atoms with Gasteiger partial charge in [0.2, 0.25) is 0 Å². The monoisotopic (exact) mass is 352 g/mol. The average molecular weight is 352 g/mol. The van der Waals surface area contributed by atoms with Crippen LogP contribution in [-0.2, 0) is 10.3 Å². The van der Waals surface area contributed by atoms with Crippen molar-refractivity contribution in [1.29, 1.82) is 0 Å². The number of aliphatic hydroxyl groups is 1. The molecule has 0 aliphatic carbocycles. The molecular formula is C20H23F3O2. The third-order valence-electron chi connectivity index (χ3n) is 4.34. The Balaban J connectivity index is 2.48. The topological polar surface area (TPSA) is 29.5 Å². The Kier molecular flexibility index (Phi) is 5.04. The van der Waals surface area contributed by atoms with Gasteiger partial charge in [-0.15, -0.1) is 0 Å².